The maximum absolute atomic E-state index is 13.1. The number of rotatable bonds is 4. The van der Waals surface area contributed by atoms with Crippen molar-refractivity contribution < 1.29 is 13.9 Å². The lowest BCUT2D eigenvalue weighted by Gasteiger charge is -2.37. The summed E-state index contributed by atoms with van der Waals surface area (Å²) >= 11 is 0. The number of piperidine rings is 1. The number of fused-ring (bicyclic) bond motifs is 1. The van der Waals surface area contributed by atoms with Crippen LogP contribution >= 0.6 is 0 Å². The Morgan fingerprint density at radius 1 is 1.14 bits per heavy atom. The van der Waals surface area contributed by atoms with Gasteiger partial charge in [0.1, 0.15) is 11.3 Å². The van der Waals surface area contributed by atoms with E-state index in [4.69, 9.17) is 9.15 Å². The van der Waals surface area contributed by atoms with Crippen LogP contribution in [0, 0.1) is 6.92 Å². The number of hydrogen-bond donors (Lipinski definition) is 0. The number of benzene rings is 2. The summed E-state index contributed by atoms with van der Waals surface area (Å²) in [7, 11) is 3.77. The van der Waals surface area contributed by atoms with E-state index in [0.717, 1.165) is 48.2 Å². The molecule has 1 aromatic heterocycles. The Labute approximate surface area is 165 Å². The first kappa shape index (κ1) is 18.4. The van der Waals surface area contributed by atoms with Crippen LogP contribution in [0.5, 0.6) is 5.75 Å². The van der Waals surface area contributed by atoms with E-state index in [1.807, 2.05) is 36.1 Å². The van der Waals surface area contributed by atoms with Crippen LogP contribution in [0.15, 0.2) is 52.9 Å². The van der Waals surface area contributed by atoms with E-state index in [0.29, 0.717) is 11.8 Å². The fourth-order valence-corrected chi connectivity index (χ4v) is 4.00. The van der Waals surface area contributed by atoms with Gasteiger partial charge in [0.25, 0.3) is 5.91 Å². The van der Waals surface area contributed by atoms with Gasteiger partial charge in [0.2, 0.25) is 0 Å². The van der Waals surface area contributed by atoms with Gasteiger partial charge in [0, 0.05) is 42.8 Å². The molecular formula is C23H26N2O3. The van der Waals surface area contributed by atoms with Crippen molar-refractivity contribution in [2.24, 2.45) is 0 Å². The minimum Gasteiger partial charge on any atom is -0.497 e. The number of methoxy groups -OCH3 is 1. The Hall–Kier alpha value is -2.95. The van der Waals surface area contributed by atoms with Gasteiger partial charge >= 0.3 is 0 Å². The maximum atomic E-state index is 13.1. The number of ether oxygens (including phenoxy) is 1. The Bertz CT molecular complexity index is 972. The lowest BCUT2D eigenvalue weighted by atomic mass is 10.0. The van der Waals surface area contributed by atoms with Crippen LogP contribution in [-0.4, -0.2) is 44.1 Å². The predicted octanol–water partition coefficient (Wildman–Crippen LogP) is 4.49. The van der Waals surface area contributed by atoms with Crippen molar-refractivity contribution in [2.75, 3.05) is 32.1 Å². The molecule has 0 radical (unpaired) electrons. The van der Waals surface area contributed by atoms with Gasteiger partial charge in [0.05, 0.1) is 7.11 Å². The summed E-state index contributed by atoms with van der Waals surface area (Å²) < 4.78 is 11.2. The molecule has 3 aromatic rings. The summed E-state index contributed by atoms with van der Waals surface area (Å²) in [6.45, 7) is 3.41. The van der Waals surface area contributed by atoms with Crippen LogP contribution in [0.3, 0.4) is 0 Å². The molecule has 0 N–H and O–H groups in total. The normalized spacial score (nSPS) is 15.0. The van der Waals surface area contributed by atoms with Gasteiger partial charge in [-0.15, -0.1) is 0 Å². The zero-order chi connectivity index (χ0) is 19.7. The van der Waals surface area contributed by atoms with E-state index in [1.165, 1.54) is 5.69 Å². The molecule has 1 aliphatic heterocycles. The monoisotopic (exact) mass is 378 g/mol. The van der Waals surface area contributed by atoms with Crippen LogP contribution in [0.1, 0.15) is 29.0 Å². The van der Waals surface area contributed by atoms with E-state index in [2.05, 4.69) is 36.2 Å². The minimum atomic E-state index is -0.0199. The van der Waals surface area contributed by atoms with Gasteiger partial charge in [-0.25, -0.2) is 0 Å². The summed E-state index contributed by atoms with van der Waals surface area (Å²) in [6.07, 6.45) is 1.90. The van der Waals surface area contributed by atoms with Crippen molar-refractivity contribution >= 4 is 22.6 Å². The van der Waals surface area contributed by atoms with E-state index in [9.17, 15) is 4.79 Å². The fraction of sp³-hybridized carbons (Fsp3) is 0.348. The first-order valence-corrected chi connectivity index (χ1v) is 9.73. The Morgan fingerprint density at radius 3 is 2.54 bits per heavy atom. The molecule has 2 aromatic carbocycles. The molecule has 28 heavy (non-hydrogen) atoms. The molecule has 1 saturated heterocycles. The van der Waals surface area contributed by atoms with Gasteiger partial charge in [0.15, 0.2) is 5.76 Å². The van der Waals surface area contributed by atoms with Crippen LogP contribution < -0.4 is 9.64 Å². The van der Waals surface area contributed by atoms with Crippen LogP contribution in [0.4, 0.5) is 5.69 Å². The van der Waals surface area contributed by atoms with Crippen molar-refractivity contribution in [1.29, 1.82) is 0 Å². The molecule has 0 aliphatic carbocycles. The zero-order valence-corrected chi connectivity index (χ0v) is 16.6. The second-order valence-electron chi connectivity index (χ2n) is 7.39. The molecule has 0 spiro atoms. The third-order valence-electron chi connectivity index (χ3n) is 5.80. The molecule has 0 saturated carbocycles. The summed E-state index contributed by atoms with van der Waals surface area (Å²) in [6, 6.07) is 16.5. The number of aryl methyl sites for hydroxylation is 1. The molecule has 2 heterocycles. The third-order valence-corrected chi connectivity index (χ3v) is 5.80. The van der Waals surface area contributed by atoms with Crippen molar-refractivity contribution in [3.63, 3.8) is 0 Å². The minimum absolute atomic E-state index is 0.0199. The van der Waals surface area contributed by atoms with Crippen LogP contribution in [-0.2, 0) is 0 Å². The predicted molar refractivity (Wildman–Crippen MR) is 111 cm³/mol. The first-order chi connectivity index (χ1) is 13.6. The molecule has 0 bridgehead atoms. The molecule has 5 heteroatoms. The van der Waals surface area contributed by atoms with Gasteiger partial charge in [-0.3, -0.25) is 4.79 Å². The highest BCUT2D eigenvalue weighted by atomic mass is 16.5. The number of amides is 1. The smallest absolute Gasteiger partial charge is 0.289 e. The van der Waals surface area contributed by atoms with Crippen molar-refractivity contribution in [3.8, 4) is 5.75 Å². The number of carbonyl (C=O) groups is 1. The second-order valence-corrected chi connectivity index (χ2v) is 7.39. The lowest BCUT2D eigenvalue weighted by Crippen LogP contribution is -2.45. The standard InChI is InChI=1S/C23H26N2O3/c1-16-20-15-19(27-3)9-10-21(20)28-22(16)23(26)25-13-11-18(12-14-25)24(2)17-7-5-4-6-8-17/h4-10,15,18H,11-14H2,1-3H3. The zero-order valence-electron chi connectivity index (χ0n) is 16.6. The lowest BCUT2D eigenvalue weighted by molar-refractivity contribution is 0.0682. The molecule has 4 rings (SSSR count). The third kappa shape index (κ3) is 3.33. The van der Waals surface area contributed by atoms with E-state index >= 15 is 0 Å². The summed E-state index contributed by atoms with van der Waals surface area (Å²) in [4.78, 5) is 17.3. The number of carbonyl (C=O) groups excluding carboxylic acids is 1. The SMILES string of the molecule is COc1ccc2oc(C(=O)N3CCC(N(C)c4ccccc4)CC3)c(C)c2c1. The van der Waals surface area contributed by atoms with E-state index in [1.54, 1.807) is 7.11 Å². The molecule has 5 nitrogen and oxygen atoms in total. The Morgan fingerprint density at radius 2 is 1.86 bits per heavy atom. The quantitative estimate of drug-likeness (QED) is 0.671. The van der Waals surface area contributed by atoms with Gasteiger partial charge in [-0.1, -0.05) is 18.2 Å². The molecule has 1 amide bonds. The molecule has 146 valence electrons. The molecule has 1 fully saturated rings. The highest BCUT2D eigenvalue weighted by Crippen LogP contribution is 2.30. The molecule has 0 unspecified atom stereocenters. The second kappa shape index (κ2) is 7.58. The van der Waals surface area contributed by atoms with E-state index in [-0.39, 0.29) is 5.91 Å². The number of nitrogens with zero attached hydrogens (tertiary/aromatic N) is 2. The first-order valence-electron chi connectivity index (χ1n) is 9.73. The van der Waals surface area contributed by atoms with Gasteiger partial charge in [-0.05, 0) is 50.1 Å². The average Bonchev–Trinajstić information content (AvgIpc) is 3.09. The van der Waals surface area contributed by atoms with Crippen LogP contribution in [0.2, 0.25) is 0 Å². The van der Waals surface area contributed by atoms with Crippen molar-refractivity contribution in [2.45, 2.75) is 25.8 Å². The number of likely N-dealkylation sites (tertiary alicyclic amines) is 1. The molecular weight excluding hydrogens is 352 g/mol. The van der Waals surface area contributed by atoms with Gasteiger partial charge < -0.3 is 19.0 Å². The largest absolute Gasteiger partial charge is 0.497 e. The molecule has 0 atom stereocenters. The van der Waals surface area contributed by atoms with E-state index < -0.39 is 0 Å². The van der Waals surface area contributed by atoms with Crippen molar-refractivity contribution in [1.82, 2.24) is 4.90 Å². The average molecular weight is 378 g/mol. The Balaban J connectivity index is 1.47. The Kier molecular flexibility index (Phi) is 4.99. The highest BCUT2D eigenvalue weighted by Gasteiger charge is 2.29. The fourth-order valence-electron chi connectivity index (χ4n) is 4.00. The summed E-state index contributed by atoms with van der Waals surface area (Å²) in [5.74, 6) is 1.19. The van der Waals surface area contributed by atoms with Crippen LogP contribution in [0.25, 0.3) is 11.0 Å². The topological polar surface area (TPSA) is 45.9 Å². The highest BCUT2D eigenvalue weighted by molar-refractivity contribution is 5.99. The van der Waals surface area contributed by atoms with Crippen molar-refractivity contribution in [3.05, 3.63) is 59.9 Å². The number of furan rings is 1. The maximum Gasteiger partial charge on any atom is 0.289 e. The number of hydrogen-bond acceptors (Lipinski definition) is 4. The molecule has 1 aliphatic rings. The summed E-state index contributed by atoms with van der Waals surface area (Å²) in [5, 5.41) is 0.932. The number of para-hydroxylation sites is 1. The van der Waals surface area contributed by atoms with Gasteiger partial charge in [-0.2, -0.15) is 0 Å². The number of anilines is 1. The summed E-state index contributed by atoms with van der Waals surface area (Å²) in [5.41, 5.74) is 2.82.